The van der Waals surface area contributed by atoms with Crippen molar-refractivity contribution in [3.05, 3.63) is 28.0 Å². The van der Waals surface area contributed by atoms with E-state index in [4.69, 9.17) is 0 Å². The Morgan fingerprint density at radius 1 is 1.50 bits per heavy atom. The standard InChI is InChI=1S/C13H17BrN2/c1-13(4-5-13)12-9(6-10(14)8-16-12)7-15-11-2-3-11/h6,8,11,15H,2-5,7H2,1H3. The van der Waals surface area contributed by atoms with Crippen LogP contribution in [0.3, 0.4) is 0 Å². The van der Waals surface area contributed by atoms with Crippen molar-refractivity contribution in [2.45, 2.75) is 50.6 Å². The van der Waals surface area contributed by atoms with Crippen LogP contribution in [0.15, 0.2) is 16.7 Å². The van der Waals surface area contributed by atoms with Crippen molar-refractivity contribution in [2.75, 3.05) is 0 Å². The van der Waals surface area contributed by atoms with E-state index in [0.29, 0.717) is 5.41 Å². The first-order chi connectivity index (χ1) is 7.67. The first-order valence-electron chi connectivity index (χ1n) is 6.06. The summed E-state index contributed by atoms with van der Waals surface area (Å²) in [4.78, 5) is 4.62. The number of nitrogens with one attached hydrogen (secondary N) is 1. The van der Waals surface area contributed by atoms with Crippen molar-refractivity contribution < 1.29 is 0 Å². The molecule has 86 valence electrons. The number of hydrogen-bond acceptors (Lipinski definition) is 2. The molecular formula is C13H17BrN2. The SMILES string of the molecule is CC1(c2ncc(Br)cc2CNC2CC2)CC1. The molecule has 3 heteroatoms. The van der Waals surface area contributed by atoms with Gasteiger partial charge in [-0.25, -0.2) is 0 Å². The third-order valence-electron chi connectivity index (χ3n) is 3.66. The maximum atomic E-state index is 4.62. The number of nitrogens with zero attached hydrogens (tertiary/aromatic N) is 1. The summed E-state index contributed by atoms with van der Waals surface area (Å²) >= 11 is 3.52. The molecule has 1 heterocycles. The zero-order valence-electron chi connectivity index (χ0n) is 9.59. The maximum Gasteiger partial charge on any atom is 0.0508 e. The Labute approximate surface area is 105 Å². The minimum Gasteiger partial charge on any atom is -0.310 e. The van der Waals surface area contributed by atoms with Gasteiger partial charge in [0.05, 0.1) is 5.69 Å². The highest BCUT2D eigenvalue weighted by Crippen LogP contribution is 2.48. The number of rotatable bonds is 4. The van der Waals surface area contributed by atoms with Crippen molar-refractivity contribution in [2.24, 2.45) is 0 Å². The lowest BCUT2D eigenvalue weighted by molar-refractivity contribution is 0.655. The molecule has 0 amide bonds. The van der Waals surface area contributed by atoms with Crippen LogP contribution in [0.1, 0.15) is 43.9 Å². The molecule has 1 aromatic heterocycles. The zero-order chi connectivity index (χ0) is 11.2. The molecule has 0 aliphatic heterocycles. The lowest BCUT2D eigenvalue weighted by Crippen LogP contribution is -2.19. The molecule has 1 N–H and O–H groups in total. The number of pyridine rings is 1. The van der Waals surface area contributed by atoms with Gasteiger partial charge in [0.2, 0.25) is 0 Å². The van der Waals surface area contributed by atoms with E-state index in [0.717, 1.165) is 17.1 Å². The summed E-state index contributed by atoms with van der Waals surface area (Å²) in [6.07, 6.45) is 7.19. The van der Waals surface area contributed by atoms with Crippen LogP contribution in [-0.2, 0) is 12.0 Å². The van der Waals surface area contributed by atoms with Gasteiger partial charge in [-0.15, -0.1) is 0 Å². The molecule has 0 atom stereocenters. The van der Waals surface area contributed by atoms with Gasteiger partial charge >= 0.3 is 0 Å². The third kappa shape index (κ3) is 2.16. The second-order valence-electron chi connectivity index (χ2n) is 5.38. The van der Waals surface area contributed by atoms with Gasteiger partial charge in [0.15, 0.2) is 0 Å². The summed E-state index contributed by atoms with van der Waals surface area (Å²) in [5.74, 6) is 0. The zero-order valence-corrected chi connectivity index (χ0v) is 11.2. The van der Waals surface area contributed by atoms with Crippen LogP contribution >= 0.6 is 15.9 Å². The molecule has 0 saturated heterocycles. The van der Waals surface area contributed by atoms with Gasteiger partial charge in [0, 0.05) is 28.7 Å². The van der Waals surface area contributed by atoms with Crippen molar-refractivity contribution in [3.8, 4) is 0 Å². The Balaban J connectivity index is 1.83. The van der Waals surface area contributed by atoms with Gasteiger partial charge < -0.3 is 5.32 Å². The van der Waals surface area contributed by atoms with Crippen LogP contribution < -0.4 is 5.32 Å². The summed E-state index contributed by atoms with van der Waals surface area (Å²) in [6.45, 7) is 3.30. The van der Waals surface area contributed by atoms with Crippen LogP contribution in [0.4, 0.5) is 0 Å². The fourth-order valence-corrected chi connectivity index (χ4v) is 2.50. The van der Waals surface area contributed by atoms with Gasteiger partial charge in [-0.2, -0.15) is 0 Å². The molecule has 1 aromatic rings. The van der Waals surface area contributed by atoms with E-state index < -0.39 is 0 Å². The summed E-state index contributed by atoms with van der Waals surface area (Å²) in [7, 11) is 0. The molecule has 2 saturated carbocycles. The predicted octanol–water partition coefficient (Wildman–Crippen LogP) is 3.15. The van der Waals surface area contributed by atoms with Gasteiger partial charge in [0.25, 0.3) is 0 Å². The number of hydrogen-bond donors (Lipinski definition) is 1. The molecule has 16 heavy (non-hydrogen) atoms. The van der Waals surface area contributed by atoms with Crippen molar-refractivity contribution in [1.29, 1.82) is 0 Å². The van der Waals surface area contributed by atoms with Crippen molar-refractivity contribution in [3.63, 3.8) is 0 Å². The highest BCUT2D eigenvalue weighted by atomic mass is 79.9. The Hall–Kier alpha value is -0.410. The Bertz CT molecular complexity index is 408. The molecule has 2 aliphatic rings. The van der Waals surface area contributed by atoms with Crippen molar-refractivity contribution in [1.82, 2.24) is 10.3 Å². The Morgan fingerprint density at radius 3 is 2.88 bits per heavy atom. The molecule has 2 fully saturated rings. The van der Waals surface area contributed by atoms with E-state index in [1.807, 2.05) is 6.20 Å². The largest absolute Gasteiger partial charge is 0.310 e. The van der Waals surface area contributed by atoms with Gasteiger partial charge in [-0.05, 0) is 53.2 Å². The van der Waals surface area contributed by atoms with Gasteiger partial charge in [-0.1, -0.05) is 6.92 Å². The quantitative estimate of drug-likeness (QED) is 0.917. The van der Waals surface area contributed by atoms with Crippen LogP contribution in [0, 0.1) is 0 Å². The van der Waals surface area contributed by atoms with Crippen LogP contribution in [-0.4, -0.2) is 11.0 Å². The molecule has 2 aliphatic carbocycles. The average Bonchev–Trinajstić information content (AvgIpc) is 3.12. The van der Waals surface area contributed by atoms with E-state index >= 15 is 0 Å². The third-order valence-corrected chi connectivity index (χ3v) is 4.10. The minimum absolute atomic E-state index is 0.362. The molecule has 0 aromatic carbocycles. The highest BCUT2D eigenvalue weighted by Gasteiger charge is 2.42. The summed E-state index contributed by atoms with van der Waals surface area (Å²) in [5, 5.41) is 3.58. The molecular weight excluding hydrogens is 264 g/mol. The lowest BCUT2D eigenvalue weighted by Gasteiger charge is -2.14. The fourth-order valence-electron chi connectivity index (χ4n) is 2.13. The molecule has 2 nitrogen and oxygen atoms in total. The van der Waals surface area contributed by atoms with E-state index in [1.54, 1.807) is 0 Å². The second kappa shape index (κ2) is 3.81. The smallest absolute Gasteiger partial charge is 0.0508 e. The van der Waals surface area contributed by atoms with E-state index in [9.17, 15) is 0 Å². The topological polar surface area (TPSA) is 24.9 Å². The Morgan fingerprint density at radius 2 is 2.25 bits per heavy atom. The lowest BCUT2D eigenvalue weighted by atomic mass is 9.99. The van der Waals surface area contributed by atoms with Gasteiger partial charge in [0.1, 0.15) is 0 Å². The van der Waals surface area contributed by atoms with Crippen LogP contribution in [0.5, 0.6) is 0 Å². The first-order valence-corrected chi connectivity index (χ1v) is 6.85. The van der Waals surface area contributed by atoms with Gasteiger partial charge in [-0.3, -0.25) is 4.98 Å². The number of aromatic nitrogens is 1. The molecule has 0 spiro atoms. The van der Waals surface area contributed by atoms with Crippen LogP contribution in [0.25, 0.3) is 0 Å². The summed E-state index contributed by atoms with van der Waals surface area (Å²) in [5.41, 5.74) is 3.05. The summed E-state index contributed by atoms with van der Waals surface area (Å²) in [6, 6.07) is 2.99. The molecule has 3 rings (SSSR count). The van der Waals surface area contributed by atoms with E-state index in [2.05, 4.69) is 39.2 Å². The van der Waals surface area contributed by atoms with E-state index in [1.165, 1.54) is 36.9 Å². The molecule has 0 bridgehead atoms. The minimum atomic E-state index is 0.362. The second-order valence-corrected chi connectivity index (χ2v) is 6.29. The average molecular weight is 281 g/mol. The molecule has 0 unspecified atom stereocenters. The predicted molar refractivity (Wildman–Crippen MR) is 68.4 cm³/mol. The normalized spacial score (nSPS) is 22.1. The fraction of sp³-hybridized carbons (Fsp3) is 0.615. The first kappa shape index (κ1) is 10.7. The van der Waals surface area contributed by atoms with E-state index in [-0.39, 0.29) is 0 Å². The van der Waals surface area contributed by atoms with Crippen LogP contribution in [0.2, 0.25) is 0 Å². The van der Waals surface area contributed by atoms with Crippen molar-refractivity contribution >= 4 is 15.9 Å². The monoisotopic (exact) mass is 280 g/mol. The Kier molecular flexibility index (Phi) is 2.55. The number of halogens is 1. The molecule has 0 radical (unpaired) electrons. The maximum absolute atomic E-state index is 4.62. The summed E-state index contributed by atoms with van der Waals surface area (Å²) < 4.78 is 1.09. The highest BCUT2D eigenvalue weighted by molar-refractivity contribution is 9.10.